The quantitative estimate of drug-likeness (QED) is 0.369. The van der Waals surface area contributed by atoms with Crippen molar-refractivity contribution in [3.8, 4) is 17.2 Å². The lowest BCUT2D eigenvalue weighted by molar-refractivity contribution is -0.140. The summed E-state index contributed by atoms with van der Waals surface area (Å²) in [5.41, 5.74) is 0.707. The molecule has 1 amide bonds. The average Bonchev–Trinajstić information content (AvgIpc) is 2.67. The van der Waals surface area contributed by atoms with Gasteiger partial charge >= 0.3 is 5.97 Å². The molecule has 0 radical (unpaired) electrons. The van der Waals surface area contributed by atoms with Crippen LogP contribution in [0.3, 0.4) is 0 Å². The maximum atomic E-state index is 11.9. The second-order valence-corrected chi connectivity index (χ2v) is 5.43. The summed E-state index contributed by atoms with van der Waals surface area (Å²) in [6, 6.07) is 3.54. The first kappa shape index (κ1) is 21.3. The molecular weight excluding hydrogens is 338 g/mol. The first-order chi connectivity index (χ1) is 12.6. The molecule has 1 aromatic rings. The summed E-state index contributed by atoms with van der Waals surface area (Å²) in [6.45, 7) is 0.549. The summed E-state index contributed by atoms with van der Waals surface area (Å²) in [7, 11) is 5.98. The topological polar surface area (TPSA) is 83.1 Å². The molecular formula is C19H27NO6. The summed E-state index contributed by atoms with van der Waals surface area (Å²) >= 11 is 0. The molecule has 0 fully saturated rings. The number of hydrogen-bond donors (Lipinski definition) is 1. The molecule has 0 spiro atoms. The Morgan fingerprint density at radius 3 is 2.31 bits per heavy atom. The summed E-state index contributed by atoms with van der Waals surface area (Å²) < 4.78 is 20.5. The molecule has 0 aliphatic heterocycles. The molecule has 0 saturated carbocycles. The lowest BCUT2D eigenvalue weighted by atomic mass is 10.1. The molecule has 26 heavy (non-hydrogen) atoms. The fourth-order valence-electron chi connectivity index (χ4n) is 2.36. The van der Waals surface area contributed by atoms with Gasteiger partial charge in [0.05, 0.1) is 28.4 Å². The molecule has 0 heterocycles. The lowest BCUT2D eigenvalue weighted by Crippen LogP contribution is -2.22. The Bertz CT molecular complexity index is 627. The van der Waals surface area contributed by atoms with Crippen molar-refractivity contribution in [2.75, 3.05) is 35.0 Å². The smallest absolute Gasteiger partial charge is 0.305 e. The number of benzene rings is 1. The highest BCUT2D eigenvalue weighted by Gasteiger charge is 2.14. The zero-order chi connectivity index (χ0) is 19.4. The summed E-state index contributed by atoms with van der Waals surface area (Å²) in [4.78, 5) is 22.9. The predicted octanol–water partition coefficient (Wildman–Crippen LogP) is 2.58. The number of rotatable bonds is 11. The van der Waals surface area contributed by atoms with E-state index in [0.29, 0.717) is 35.8 Å². The summed E-state index contributed by atoms with van der Waals surface area (Å²) in [6.07, 6.45) is 5.91. The van der Waals surface area contributed by atoms with Crippen molar-refractivity contribution in [2.24, 2.45) is 0 Å². The Labute approximate surface area is 154 Å². The minimum absolute atomic E-state index is 0.199. The van der Waals surface area contributed by atoms with Gasteiger partial charge in [0.2, 0.25) is 11.7 Å². The van der Waals surface area contributed by atoms with Gasteiger partial charge in [-0.05, 0) is 31.1 Å². The van der Waals surface area contributed by atoms with Gasteiger partial charge in [-0.25, -0.2) is 0 Å². The number of hydrogen-bond acceptors (Lipinski definition) is 6. The van der Waals surface area contributed by atoms with Crippen LogP contribution in [0.5, 0.6) is 17.2 Å². The van der Waals surface area contributed by atoms with Gasteiger partial charge in [0.1, 0.15) is 0 Å². The largest absolute Gasteiger partial charge is 0.493 e. The van der Waals surface area contributed by atoms with Crippen LogP contribution in [0.2, 0.25) is 0 Å². The summed E-state index contributed by atoms with van der Waals surface area (Å²) in [5.74, 6) is 1.12. The Hall–Kier alpha value is -2.70. The van der Waals surface area contributed by atoms with E-state index in [1.807, 2.05) is 0 Å². The van der Waals surface area contributed by atoms with Crippen LogP contribution in [-0.4, -0.2) is 46.9 Å². The monoisotopic (exact) mass is 365 g/mol. The minimum Gasteiger partial charge on any atom is -0.493 e. The standard InChI is InChI=1S/C19H27NO6/c1-23-15-11-9-14(18(25-3)19(15)26-4)10-12-16(21)20-13-7-5-6-8-17(22)24-2/h9-12H,5-8,13H2,1-4H3,(H,20,21)/b12-10+. The zero-order valence-electron chi connectivity index (χ0n) is 15.8. The van der Waals surface area contributed by atoms with E-state index in [2.05, 4.69) is 10.1 Å². The highest BCUT2D eigenvalue weighted by molar-refractivity contribution is 5.92. The van der Waals surface area contributed by atoms with Gasteiger partial charge in [-0.3, -0.25) is 9.59 Å². The third kappa shape index (κ3) is 6.66. The number of esters is 1. The number of nitrogens with one attached hydrogen (secondary N) is 1. The maximum Gasteiger partial charge on any atom is 0.305 e. The molecule has 0 atom stereocenters. The van der Waals surface area contributed by atoms with Crippen molar-refractivity contribution in [3.05, 3.63) is 23.8 Å². The van der Waals surface area contributed by atoms with E-state index in [0.717, 1.165) is 19.3 Å². The molecule has 7 nitrogen and oxygen atoms in total. The predicted molar refractivity (Wildman–Crippen MR) is 98.6 cm³/mol. The van der Waals surface area contributed by atoms with E-state index >= 15 is 0 Å². The van der Waals surface area contributed by atoms with E-state index < -0.39 is 0 Å². The van der Waals surface area contributed by atoms with Crippen molar-refractivity contribution >= 4 is 18.0 Å². The van der Waals surface area contributed by atoms with Crippen LogP contribution in [0, 0.1) is 0 Å². The van der Waals surface area contributed by atoms with Crippen molar-refractivity contribution in [1.29, 1.82) is 0 Å². The van der Waals surface area contributed by atoms with E-state index in [-0.39, 0.29) is 11.9 Å². The Morgan fingerprint density at radius 2 is 1.69 bits per heavy atom. The van der Waals surface area contributed by atoms with E-state index in [9.17, 15) is 9.59 Å². The first-order valence-corrected chi connectivity index (χ1v) is 8.39. The molecule has 1 aromatic carbocycles. The first-order valence-electron chi connectivity index (χ1n) is 8.39. The van der Waals surface area contributed by atoms with Crippen LogP contribution in [0.4, 0.5) is 0 Å². The fraction of sp³-hybridized carbons (Fsp3) is 0.474. The third-order valence-corrected chi connectivity index (χ3v) is 3.73. The van der Waals surface area contributed by atoms with E-state index in [4.69, 9.17) is 14.2 Å². The Balaban J connectivity index is 2.52. The van der Waals surface area contributed by atoms with Gasteiger partial charge < -0.3 is 24.3 Å². The van der Waals surface area contributed by atoms with Gasteiger partial charge in [-0.1, -0.05) is 6.42 Å². The van der Waals surface area contributed by atoms with Crippen LogP contribution >= 0.6 is 0 Å². The van der Waals surface area contributed by atoms with Crippen LogP contribution in [0.1, 0.15) is 31.2 Å². The number of carbonyl (C=O) groups excluding carboxylic acids is 2. The minimum atomic E-state index is -0.208. The summed E-state index contributed by atoms with van der Waals surface area (Å²) in [5, 5.41) is 2.80. The third-order valence-electron chi connectivity index (χ3n) is 3.73. The SMILES string of the molecule is COC(=O)CCCCCNC(=O)/C=C/c1ccc(OC)c(OC)c1OC. The van der Waals surface area contributed by atoms with Gasteiger partial charge in [0, 0.05) is 24.6 Å². The van der Waals surface area contributed by atoms with E-state index in [1.54, 1.807) is 25.3 Å². The highest BCUT2D eigenvalue weighted by Crippen LogP contribution is 2.40. The van der Waals surface area contributed by atoms with Gasteiger partial charge in [-0.15, -0.1) is 0 Å². The highest BCUT2D eigenvalue weighted by atomic mass is 16.5. The van der Waals surface area contributed by atoms with Crippen LogP contribution < -0.4 is 19.5 Å². The molecule has 0 saturated heterocycles. The molecule has 7 heteroatoms. The average molecular weight is 365 g/mol. The number of ether oxygens (including phenoxy) is 4. The van der Waals surface area contributed by atoms with Crippen LogP contribution in [-0.2, 0) is 14.3 Å². The number of carbonyl (C=O) groups is 2. The van der Waals surface area contributed by atoms with Gasteiger partial charge in [-0.2, -0.15) is 0 Å². The van der Waals surface area contributed by atoms with E-state index in [1.165, 1.54) is 27.4 Å². The fourth-order valence-corrected chi connectivity index (χ4v) is 2.36. The van der Waals surface area contributed by atoms with Crippen LogP contribution in [0.25, 0.3) is 6.08 Å². The molecule has 0 unspecified atom stereocenters. The van der Waals surface area contributed by atoms with Gasteiger partial charge in [0.25, 0.3) is 0 Å². The van der Waals surface area contributed by atoms with Gasteiger partial charge in [0.15, 0.2) is 11.5 Å². The molecule has 1 N–H and O–H groups in total. The Kier molecular flexibility index (Phi) is 9.67. The second-order valence-electron chi connectivity index (χ2n) is 5.43. The number of unbranched alkanes of at least 4 members (excludes halogenated alkanes) is 2. The van der Waals surface area contributed by atoms with Crippen molar-refractivity contribution in [2.45, 2.75) is 25.7 Å². The van der Waals surface area contributed by atoms with Crippen LogP contribution in [0.15, 0.2) is 18.2 Å². The molecule has 0 aliphatic carbocycles. The molecule has 0 bridgehead atoms. The zero-order valence-corrected chi connectivity index (χ0v) is 15.8. The molecule has 0 aromatic heterocycles. The normalized spacial score (nSPS) is 10.5. The molecule has 0 aliphatic rings. The number of methoxy groups -OCH3 is 4. The number of amides is 1. The van der Waals surface area contributed by atoms with Crippen molar-refractivity contribution < 1.29 is 28.5 Å². The Morgan fingerprint density at radius 1 is 0.962 bits per heavy atom. The second kappa shape index (κ2) is 11.8. The van der Waals surface area contributed by atoms with Crippen molar-refractivity contribution in [1.82, 2.24) is 5.32 Å². The van der Waals surface area contributed by atoms with Crippen molar-refractivity contribution in [3.63, 3.8) is 0 Å². The molecule has 1 rings (SSSR count). The maximum absolute atomic E-state index is 11.9. The lowest BCUT2D eigenvalue weighted by Gasteiger charge is -2.13. The molecule has 144 valence electrons.